The van der Waals surface area contributed by atoms with Crippen molar-refractivity contribution in [1.29, 1.82) is 0 Å². The highest BCUT2D eigenvalue weighted by Gasteiger charge is 2.38. The summed E-state index contributed by atoms with van der Waals surface area (Å²) >= 11 is 0. The highest BCUT2D eigenvalue weighted by atomic mass is 16.2. The normalized spacial score (nSPS) is 27.6. The van der Waals surface area contributed by atoms with Crippen molar-refractivity contribution in [3.63, 3.8) is 0 Å². The van der Waals surface area contributed by atoms with Gasteiger partial charge < -0.3 is 10.6 Å². The largest absolute Gasteiger partial charge is 0.399 e. The molecule has 1 aromatic carbocycles. The molecule has 3 heteroatoms. The van der Waals surface area contributed by atoms with Crippen molar-refractivity contribution >= 4 is 17.3 Å². The number of carbonyl (C=O) groups is 1. The van der Waals surface area contributed by atoms with Gasteiger partial charge in [-0.2, -0.15) is 0 Å². The van der Waals surface area contributed by atoms with Gasteiger partial charge in [0.25, 0.3) is 0 Å². The molecule has 3 nitrogen and oxygen atoms in total. The molecule has 17 heavy (non-hydrogen) atoms. The van der Waals surface area contributed by atoms with E-state index in [1.165, 1.54) is 12.0 Å². The molecule has 3 rings (SSSR count). The maximum atomic E-state index is 12.1. The van der Waals surface area contributed by atoms with Gasteiger partial charge in [-0.25, -0.2) is 0 Å². The van der Waals surface area contributed by atoms with Gasteiger partial charge in [-0.1, -0.05) is 6.92 Å². The zero-order valence-corrected chi connectivity index (χ0v) is 10.1. The van der Waals surface area contributed by atoms with E-state index in [-0.39, 0.29) is 5.91 Å². The van der Waals surface area contributed by atoms with E-state index in [2.05, 4.69) is 6.92 Å². The standard InChI is InChI=1S/C14H18N2O/c1-9-2-5-12(9)16-13-6-4-11(15)8-10(13)3-7-14(16)17/h4,6,8-9,12H,2-3,5,7,15H2,1H3. The maximum Gasteiger partial charge on any atom is 0.227 e. The average Bonchev–Trinajstić information content (AvgIpc) is 2.31. The molecule has 90 valence electrons. The predicted molar refractivity (Wildman–Crippen MR) is 68.8 cm³/mol. The molecule has 1 heterocycles. The minimum atomic E-state index is 0.277. The van der Waals surface area contributed by atoms with Gasteiger partial charge in [0.2, 0.25) is 5.91 Å². The lowest BCUT2D eigenvalue weighted by Crippen LogP contribution is -2.51. The number of amides is 1. The van der Waals surface area contributed by atoms with Crippen LogP contribution in [0.3, 0.4) is 0 Å². The monoisotopic (exact) mass is 230 g/mol. The molecule has 2 N–H and O–H groups in total. The van der Waals surface area contributed by atoms with Crippen LogP contribution in [0.2, 0.25) is 0 Å². The van der Waals surface area contributed by atoms with Crippen LogP contribution < -0.4 is 10.6 Å². The Balaban J connectivity index is 2.01. The van der Waals surface area contributed by atoms with Crippen molar-refractivity contribution in [2.45, 2.75) is 38.6 Å². The molecule has 1 aromatic rings. The number of hydrogen-bond donors (Lipinski definition) is 1. The van der Waals surface area contributed by atoms with Gasteiger partial charge in [-0.05, 0) is 48.9 Å². The van der Waals surface area contributed by atoms with Crippen LogP contribution in [0.25, 0.3) is 0 Å². The van der Waals surface area contributed by atoms with Gasteiger partial charge in [0.15, 0.2) is 0 Å². The molecule has 1 fully saturated rings. The van der Waals surface area contributed by atoms with E-state index in [1.807, 2.05) is 23.1 Å². The first-order valence-corrected chi connectivity index (χ1v) is 6.37. The summed E-state index contributed by atoms with van der Waals surface area (Å²) in [6.45, 7) is 2.23. The van der Waals surface area contributed by atoms with Crippen LogP contribution in [0, 0.1) is 5.92 Å². The second-order valence-electron chi connectivity index (χ2n) is 5.27. The fourth-order valence-corrected chi connectivity index (χ4v) is 2.93. The van der Waals surface area contributed by atoms with Gasteiger partial charge >= 0.3 is 0 Å². The number of hydrogen-bond acceptors (Lipinski definition) is 2. The number of benzene rings is 1. The van der Waals surface area contributed by atoms with E-state index in [0.717, 1.165) is 24.2 Å². The molecule has 2 unspecified atom stereocenters. The zero-order valence-electron chi connectivity index (χ0n) is 10.1. The van der Waals surface area contributed by atoms with Crippen molar-refractivity contribution in [3.8, 4) is 0 Å². The summed E-state index contributed by atoms with van der Waals surface area (Å²) in [5.41, 5.74) is 8.92. The van der Waals surface area contributed by atoms with Gasteiger partial charge in [0.05, 0.1) is 0 Å². The number of rotatable bonds is 1. The molecule has 0 spiro atoms. The molecule has 0 bridgehead atoms. The lowest BCUT2D eigenvalue weighted by molar-refractivity contribution is -0.120. The van der Waals surface area contributed by atoms with Crippen LogP contribution in [0.15, 0.2) is 18.2 Å². The van der Waals surface area contributed by atoms with Crippen molar-refractivity contribution < 1.29 is 4.79 Å². The fraction of sp³-hybridized carbons (Fsp3) is 0.500. The third-order valence-corrected chi connectivity index (χ3v) is 4.15. The third-order valence-electron chi connectivity index (χ3n) is 4.15. The first kappa shape index (κ1) is 10.6. The molecular formula is C14H18N2O. The third kappa shape index (κ3) is 1.61. The quantitative estimate of drug-likeness (QED) is 0.753. The lowest BCUT2D eigenvalue weighted by Gasteiger charge is -2.45. The molecule has 1 amide bonds. The number of carbonyl (C=O) groups excluding carboxylic acids is 1. The number of anilines is 2. The molecule has 1 saturated carbocycles. The smallest absolute Gasteiger partial charge is 0.227 e. The van der Waals surface area contributed by atoms with Crippen LogP contribution in [-0.4, -0.2) is 11.9 Å². The molecule has 0 aromatic heterocycles. The number of fused-ring (bicyclic) bond motifs is 1. The van der Waals surface area contributed by atoms with Crippen molar-refractivity contribution in [2.24, 2.45) is 5.92 Å². The van der Waals surface area contributed by atoms with Gasteiger partial charge in [-0.15, -0.1) is 0 Å². The Kier molecular flexibility index (Phi) is 2.35. The summed E-state index contributed by atoms with van der Waals surface area (Å²) in [6.07, 6.45) is 3.83. The van der Waals surface area contributed by atoms with Gasteiger partial charge in [0.1, 0.15) is 0 Å². The Bertz CT molecular complexity index is 469. The van der Waals surface area contributed by atoms with Crippen molar-refractivity contribution in [3.05, 3.63) is 23.8 Å². The summed E-state index contributed by atoms with van der Waals surface area (Å²) in [4.78, 5) is 14.1. The van der Waals surface area contributed by atoms with Crippen LogP contribution in [0.4, 0.5) is 11.4 Å². The van der Waals surface area contributed by atoms with Crippen LogP contribution >= 0.6 is 0 Å². The zero-order chi connectivity index (χ0) is 12.0. The predicted octanol–water partition coefficient (Wildman–Crippen LogP) is 2.35. The maximum absolute atomic E-state index is 12.1. The first-order valence-electron chi connectivity index (χ1n) is 6.37. The number of aryl methyl sites for hydroxylation is 1. The molecule has 2 atom stereocenters. The average molecular weight is 230 g/mol. The van der Waals surface area contributed by atoms with Crippen molar-refractivity contribution in [1.82, 2.24) is 0 Å². The van der Waals surface area contributed by atoms with E-state index in [4.69, 9.17) is 5.73 Å². The minimum absolute atomic E-state index is 0.277. The molecule has 0 saturated heterocycles. The van der Waals surface area contributed by atoms with Gasteiger partial charge in [-0.3, -0.25) is 4.79 Å². The minimum Gasteiger partial charge on any atom is -0.399 e. The first-order chi connectivity index (χ1) is 8.16. The second kappa shape index (κ2) is 3.76. The van der Waals surface area contributed by atoms with E-state index >= 15 is 0 Å². The summed E-state index contributed by atoms with van der Waals surface area (Å²) < 4.78 is 0. The Labute approximate surface area is 102 Å². The lowest BCUT2D eigenvalue weighted by atomic mass is 9.78. The summed E-state index contributed by atoms with van der Waals surface area (Å²) in [6, 6.07) is 6.32. The highest BCUT2D eigenvalue weighted by Crippen LogP contribution is 2.39. The van der Waals surface area contributed by atoms with Crippen LogP contribution in [0.1, 0.15) is 31.7 Å². The highest BCUT2D eigenvalue weighted by molar-refractivity contribution is 5.97. The molecule has 1 aliphatic carbocycles. The molecule has 0 radical (unpaired) electrons. The Hall–Kier alpha value is -1.51. The topological polar surface area (TPSA) is 46.3 Å². The summed E-state index contributed by atoms with van der Waals surface area (Å²) in [5, 5.41) is 0. The van der Waals surface area contributed by atoms with E-state index in [1.54, 1.807) is 0 Å². The summed E-state index contributed by atoms with van der Waals surface area (Å²) in [7, 11) is 0. The van der Waals surface area contributed by atoms with E-state index in [0.29, 0.717) is 18.4 Å². The van der Waals surface area contributed by atoms with E-state index in [9.17, 15) is 4.79 Å². The Morgan fingerprint density at radius 2 is 2.12 bits per heavy atom. The number of nitrogens with two attached hydrogens (primary N) is 1. The second-order valence-corrected chi connectivity index (χ2v) is 5.27. The fourth-order valence-electron chi connectivity index (χ4n) is 2.93. The SMILES string of the molecule is CC1CCC1N1C(=O)CCc2cc(N)ccc21. The Morgan fingerprint density at radius 1 is 1.29 bits per heavy atom. The Morgan fingerprint density at radius 3 is 2.76 bits per heavy atom. The molecule has 2 aliphatic rings. The van der Waals surface area contributed by atoms with E-state index < -0.39 is 0 Å². The number of nitrogen functional groups attached to an aromatic ring is 1. The molecular weight excluding hydrogens is 212 g/mol. The summed E-state index contributed by atoms with van der Waals surface area (Å²) in [5.74, 6) is 0.904. The van der Waals surface area contributed by atoms with Gasteiger partial charge in [0, 0.05) is 23.8 Å². The number of nitrogens with zero attached hydrogens (tertiary/aromatic N) is 1. The molecule has 1 aliphatic heterocycles. The van der Waals surface area contributed by atoms with Crippen molar-refractivity contribution in [2.75, 3.05) is 10.6 Å². The van der Waals surface area contributed by atoms with Crippen LogP contribution in [-0.2, 0) is 11.2 Å². The van der Waals surface area contributed by atoms with Crippen LogP contribution in [0.5, 0.6) is 0 Å².